The summed E-state index contributed by atoms with van der Waals surface area (Å²) in [6.45, 7) is 0.757. The van der Waals surface area contributed by atoms with E-state index in [1.807, 2.05) is 0 Å². The molecule has 0 aliphatic heterocycles. The standard InChI is InChI=1S/C23H30F4N4O4S/c1-4-19-30-20(22(32)28-12-14-5-8-16(9-6-14)36(3,33)34)21(24)31(19)17-10-7-15(11-18(17)35-2)29-13-23(25,26)27/h7,10-11,14,16,29H,4-6,8-9,12-13H2,1-3H3,(H,28,32). The van der Waals surface area contributed by atoms with E-state index in [0.29, 0.717) is 25.7 Å². The van der Waals surface area contributed by atoms with E-state index in [9.17, 15) is 26.4 Å². The molecule has 2 N–H and O–H groups in total. The zero-order chi connectivity index (χ0) is 26.7. The van der Waals surface area contributed by atoms with Crippen molar-refractivity contribution in [2.24, 2.45) is 5.92 Å². The van der Waals surface area contributed by atoms with E-state index < -0.39 is 40.1 Å². The molecule has 1 aliphatic carbocycles. The van der Waals surface area contributed by atoms with Crippen molar-refractivity contribution in [1.82, 2.24) is 14.9 Å². The fourth-order valence-corrected chi connectivity index (χ4v) is 5.46. The maximum atomic E-state index is 15.4. The number of nitrogens with zero attached hydrogens (tertiary/aromatic N) is 2. The summed E-state index contributed by atoms with van der Waals surface area (Å²) >= 11 is 0. The highest BCUT2D eigenvalue weighted by molar-refractivity contribution is 7.91. The molecule has 1 saturated carbocycles. The van der Waals surface area contributed by atoms with E-state index in [0.717, 1.165) is 4.57 Å². The van der Waals surface area contributed by atoms with Crippen LogP contribution in [0.1, 0.15) is 48.9 Å². The average molecular weight is 535 g/mol. The van der Waals surface area contributed by atoms with Gasteiger partial charge in [0, 0.05) is 31.0 Å². The Kier molecular flexibility index (Phi) is 8.52. The molecule has 3 rings (SSSR count). The Bertz CT molecular complexity index is 1190. The Morgan fingerprint density at radius 1 is 1.22 bits per heavy atom. The molecule has 1 amide bonds. The summed E-state index contributed by atoms with van der Waals surface area (Å²) in [5.74, 6) is -1.20. The number of benzene rings is 1. The van der Waals surface area contributed by atoms with Gasteiger partial charge in [-0.2, -0.15) is 17.6 Å². The minimum absolute atomic E-state index is 0.0829. The number of rotatable bonds is 9. The van der Waals surface area contributed by atoms with Crippen LogP contribution in [0.25, 0.3) is 5.69 Å². The number of halogens is 4. The number of hydrogen-bond donors (Lipinski definition) is 2. The number of hydrogen-bond acceptors (Lipinski definition) is 6. The third kappa shape index (κ3) is 6.68. The Balaban J connectivity index is 1.76. The van der Waals surface area contributed by atoms with Gasteiger partial charge in [-0.3, -0.25) is 9.36 Å². The summed E-state index contributed by atoms with van der Waals surface area (Å²) in [7, 11) is -1.79. The number of imidazole rings is 1. The second-order valence-corrected chi connectivity index (χ2v) is 11.2. The monoisotopic (exact) mass is 534 g/mol. The molecular weight excluding hydrogens is 504 g/mol. The van der Waals surface area contributed by atoms with Gasteiger partial charge in [0.05, 0.1) is 18.0 Å². The first-order valence-electron chi connectivity index (χ1n) is 11.6. The van der Waals surface area contributed by atoms with Crippen LogP contribution in [0.5, 0.6) is 5.75 Å². The van der Waals surface area contributed by atoms with Crippen LogP contribution < -0.4 is 15.4 Å². The van der Waals surface area contributed by atoms with E-state index in [4.69, 9.17) is 4.74 Å². The molecule has 1 aromatic heterocycles. The molecule has 1 fully saturated rings. The molecule has 36 heavy (non-hydrogen) atoms. The molecule has 2 aromatic rings. The van der Waals surface area contributed by atoms with Crippen LogP contribution in [0, 0.1) is 11.9 Å². The molecule has 0 spiro atoms. The molecule has 0 saturated heterocycles. The predicted molar refractivity (Wildman–Crippen MR) is 127 cm³/mol. The summed E-state index contributed by atoms with van der Waals surface area (Å²) in [6.07, 6.45) is -0.580. The van der Waals surface area contributed by atoms with E-state index >= 15 is 4.39 Å². The lowest BCUT2D eigenvalue weighted by molar-refractivity contribution is -0.115. The third-order valence-corrected chi connectivity index (χ3v) is 7.97. The quantitative estimate of drug-likeness (QED) is 0.474. The largest absolute Gasteiger partial charge is 0.494 e. The molecule has 1 heterocycles. The Labute approximate surface area is 207 Å². The van der Waals surface area contributed by atoms with Crippen molar-refractivity contribution in [3.63, 3.8) is 0 Å². The van der Waals surface area contributed by atoms with Gasteiger partial charge in [0.2, 0.25) is 5.95 Å². The molecule has 0 bridgehead atoms. The number of sulfone groups is 1. The van der Waals surface area contributed by atoms with Gasteiger partial charge in [0.1, 0.15) is 28.0 Å². The van der Waals surface area contributed by atoms with Crippen molar-refractivity contribution in [2.75, 3.05) is 31.8 Å². The zero-order valence-corrected chi connectivity index (χ0v) is 21.1. The van der Waals surface area contributed by atoms with E-state index in [1.54, 1.807) is 6.92 Å². The molecule has 0 radical (unpaired) electrons. The first-order valence-corrected chi connectivity index (χ1v) is 13.5. The number of carbonyl (C=O) groups is 1. The molecule has 0 unspecified atom stereocenters. The molecule has 1 aromatic carbocycles. The second-order valence-electron chi connectivity index (χ2n) is 8.89. The van der Waals surface area contributed by atoms with Gasteiger partial charge in [0.25, 0.3) is 5.91 Å². The Morgan fingerprint density at radius 3 is 2.44 bits per heavy atom. The lowest BCUT2D eigenvalue weighted by Gasteiger charge is -2.27. The highest BCUT2D eigenvalue weighted by Gasteiger charge is 2.30. The number of aromatic nitrogens is 2. The van der Waals surface area contributed by atoms with Crippen LogP contribution in [-0.2, 0) is 16.3 Å². The van der Waals surface area contributed by atoms with Gasteiger partial charge in [-0.1, -0.05) is 6.92 Å². The maximum Gasteiger partial charge on any atom is 0.405 e. The summed E-state index contributed by atoms with van der Waals surface area (Å²) < 4.78 is 82.8. The number of methoxy groups -OCH3 is 1. The minimum atomic E-state index is -4.41. The van der Waals surface area contributed by atoms with Crippen LogP contribution in [0.4, 0.5) is 23.2 Å². The zero-order valence-electron chi connectivity index (χ0n) is 20.3. The first-order chi connectivity index (χ1) is 16.8. The minimum Gasteiger partial charge on any atom is -0.494 e. The van der Waals surface area contributed by atoms with Gasteiger partial charge < -0.3 is 15.4 Å². The number of alkyl halides is 3. The Hall–Kier alpha value is -2.83. The lowest BCUT2D eigenvalue weighted by atomic mass is 9.89. The van der Waals surface area contributed by atoms with Crippen molar-refractivity contribution in [1.29, 1.82) is 0 Å². The van der Waals surface area contributed by atoms with Crippen molar-refractivity contribution < 1.29 is 35.5 Å². The van der Waals surface area contributed by atoms with Crippen molar-refractivity contribution in [2.45, 2.75) is 50.5 Å². The highest BCUT2D eigenvalue weighted by atomic mass is 32.2. The SMILES string of the molecule is CCc1nc(C(=O)NCC2CCC(S(C)(=O)=O)CC2)c(F)n1-c1ccc(NCC(F)(F)F)cc1OC. The molecule has 13 heteroatoms. The van der Waals surface area contributed by atoms with Crippen LogP contribution >= 0.6 is 0 Å². The normalized spacial score (nSPS) is 18.6. The highest BCUT2D eigenvalue weighted by Crippen LogP contribution is 2.31. The fraction of sp³-hybridized carbons (Fsp3) is 0.565. The Morgan fingerprint density at radius 2 is 1.89 bits per heavy atom. The summed E-state index contributed by atoms with van der Waals surface area (Å²) in [5.41, 5.74) is -0.0805. The number of ether oxygens (including phenoxy) is 1. The van der Waals surface area contributed by atoms with Gasteiger partial charge >= 0.3 is 6.18 Å². The van der Waals surface area contributed by atoms with Gasteiger partial charge in [0.15, 0.2) is 5.69 Å². The number of carbonyl (C=O) groups excluding carboxylic acids is 1. The molecule has 0 atom stereocenters. The first kappa shape index (κ1) is 27.8. The lowest BCUT2D eigenvalue weighted by Crippen LogP contribution is -2.34. The fourth-order valence-electron chi connectivity index (χ4n) is 4.33. The van der Waals surface area contributed by atoms with Crippen LogP contribution in [0.2, 0.25) is 0 Å². The van der Waals surface area contributed by atoms with Gasteiger partial charge in [-0.05, 0) is 43.7 Å². The van der Waals surface area contributed by atoms with Gasteiger partial charge in [-0.25, -0.2) is 13.4 Å². The van der Waals surface area contributed by atoms with E-state index in [2.05, 4.69) is 15.6 Å². The predicted octanol–water partition coefficient (Wildman–Crippen LogP) is 3.89. The number of aryl methyl sites for hydroxylation is 1. The van der Waals surface area contributed by atoms with Gasteiger partial charge in [-0.15, -0.1) is 0 Å². The van der Waals surface area contributed by atoms with E-state index in [1.165, 1.54) is 31.6 Å². The summed E-state index contributed by atoms with van der Waals surface area (Å²) in [4.78, 5) is 16.9. The smallest absolute Gasteiger partial charge is 0.405 e. The number of nitrogens with one attached hydrogen (secondary N) is 2. The average Bonchev–Trinajstić information content (AvgIpc) is 3.16. The van der Waals surface area contributed by atoms with Crippen LogP contribution in [-0.4, -0.2) is 61.8 Å². The molecular formula is C23H30F4N4O4S. The van der Waals surface area contributed by atoms with Crippen molar-refractivity contribution >= 4 is 21.4 Å². The van der Waals surface area contributed by atoms with Crippen LogP contribution in [0.3, 0.4) is 0 Å². The second kappa shape index (κ2) is 11.1. The molecule has 200 valence electrons. The van der Waals surface area contributed by atoms with Crippen molar-refractivity contribution in [3.8, 4) is 11.4 Å². The third-order valence-electron chi connectivity index (χ3n) is 6.29. The van der Waals surface area contributed by atoms with Crippen molar-refractivity contribution in [3.05, 3.63) is 35.7 Å². The topological polar surface area (TPSA) is 102 Å². The summed E-state index contributed by atoms with van der Waals surface area (Å²) in [6, 6.07) is 4.06. The molecule has 1 aliphatic rings. The van der Waals surface area contributed by atoms with E-state index in [-0.39, 0.29) is 47.1 Å². The summed E-state index contributed by atoms with van der Waals surface area (Å²) in [5, 5.41) is 4.57. The van der Waals surface area contributed by atoms with Crippen LogP contribution in [0.15, 0.2) is 18.2 Å². The number of amides is 1. The number of anilines is 1. The molecule has 8 nitrogen and oxygen atoms in total. The maximum absolute atomic E-state index is 15.4.